The Morgan fingerprint density at radius 2 is 1.62 bits per heavy atom. The lowest BCUT2D eigenvalue weighted by atomic mass is 9.98. The van der Waals surface area contributed by atoms with Crippen LogP contribution >= 0.6 is 0 Å². The van der Waals surface area contributed by atoms with Crippen LogP contribution in [0.1, 0.15) is 11.1 Å². The Morgan fingerprint density at radius 1 is 1.06 bits per heavy atom. The molecule has 0 radical (unpaired) electrons. The van der Waals surface area contributed by atoms with Crippen LogP contribution in [0.15, 0.2) is 24.3 Å². The summed E-state index contributed by atoms with van der Waals surface area (Å²) in [6.45, 7) is 3.85. The first-order valence-corrected chi connectivity index (χ1v) is 4.79. The largest absolute Gasteiger partial charge is 1.00 e. The first kappa shape index (κ1) is 12.3. The molecule has 16 heavy (non-hydrogen) atoms. The van der Waals surface area contributed by atoms with E-state index in [2.05, 4.69) is 4.98 Å². The maximum atomic E-state index is 9.02. The molecule has 0 aliphatic carbocycles. The molecule has 0 unspecified atom stereocenters. The monoisotopic (exact) mass is 233 g/mol. The van der Waals surface area contributed by atoms with Gasteiger partial charge < -0.3 is 18.1 Å². The van der Waals surface area contributed by atoms with Gasteiger partial charge in [-0.1, -0.05) is 18.2 Å². The molecule has 0 amide bonds. The van der Waals surface area contributed by atoms with Crippen LogP contribution in [0.4, 0.5) is 11.4 Å². The van der Waals surface area contributed by atoms with Crippen molar-refractivity contribution >= 4 is 22.1 Å². The fourth-order valence-electron chi connectivity index (χ4n) is 1.84. The Bertz CT molecular complexity index is 585. The lowest BCUT2D eigenvalue weighted by Crippen LogP contribution is -3.00. The molecular formula is C12H12ClN3. The summed E-state index contributed by atoms with van der Waals surface area (Å²) < 4.78 is 0. The van der Waals surface area contributed by atoms with Crippen molar-refractivity contribution in [3.63, 3.8) is 0 Å². The molecule has 0 saturated carbocycles. The van der Waals surface area contributed by atoms with Gasteiger partial charge in [0.1, 0.15) is 0 Å². The van der Waals surface area contributed by atoms with Crippen LogP contribution < -0.4 is 18.1 Å². The van der Waals surface area contributed by atoms with E-state index in [4.69, 9.17) is 11.1 Å². The molecule has 0 fully saturated rings. The van der Waals surface area contributed by atoms with Gasteiger partial charge in [0.15, 0.2) is 4.98 Å². The molecule has 0 aliphatic heterocycles. The van der Waals surface area contributed by atoms with Crippen LogP contribution in [0, 0.1) is 19.2 Å². The van der Waals surface area contributed by atoms with Crippen LogP contribution in [0.3, 0.4) is 0 Å². The van der Waals surface area contributed by atoms with E-state index in [0.29, 0.717) is 5.69 Å². The SMILES string of the molecule is Cc1c(C)c([N+]#N)c2ccccc2c1N.[Cl-]. The van der Waals surface area contributed by atoms with Crippen LogP contribution in [-0.2, 0) is 0 Å². The highest BCUT2D eigenvalue weighted by molar-refractivity contribution is 6.04. The molecule has 82 valence electrons. The van der Waals surface area contributed by atoms with Gasteiger partial charge in [-0.05, 0) is 25.5 Å². The highest BCUT2D eigenvalue weighted by Crippen LogP contribution is 2.36. The Kier molecular flexibility index (Phi) is 3.36. The third kappa shape index (κ3) is 1.58. The number of hydrogen-bond acceptors (Lipinski definition) is 2. The van der Waals surface area contributed by atoms with Crippen LogP contribution in [0.5, 0.6) is 0 Å². The van der Waals surface area contributed by atoms with Gasteiger partial charge >= 0.3 is 5.69 Å². The number of hydrogen-bond donors (Lipinski definition) is 1. The highest BCUT2D eigenvalue weighted by atomic mass is 35.5. The summed E-state index contributed by atoms with van der Waals surface area (Å²) in [6, 6.07) is 7.68. The van der Waals surface area contributed by atoms with Crippen molar-refractivity contribution in [3.8, 4) is 0 Å². The predicted molar refractivity (Wildman–Crippen MR) is 62.6 cm³/mol. The maximum absolute atomic E-state index is 9.02. The fraction of sp³-hybridized carbons (Fsp3) is 0.167. The molecule has 0 atom stereocenters. The van der Waals surface area contributed by atoms with Crippen molar-refractivity contribution in [3.05, 3.63) is 40.4 Å². The Morgan fingerprint density at radius 3 is 2.19 bits per heavy atom. The van der Waals surface area contributed by atoms with Crippen molar-refractivity contribution < 1.29 is 12.4 Å². The molecule has 0 aliphatic rings. The lowest BCUT2D eigenvalue weighted by Gasteiger charge is -2.06. The topological polar surface area (TPSA) is 54.2 Å². The molecule has 0 saturated heterocycles. The second-order valence-electron chi connectivity index (χ2n) is 3.66. The molecule has 0 bridgehead atoms. The van der Waals surface area contributed by atoms with Gasteiger partial charge in [0.05, 0.1) is 10.9 Å². The summed E-state index contributed by atoms with van der Waals surface area (Å²) in [7, 11) is 0. The first-order chi connectivity index (χ1) is 7.16. The quantitative estimate of drug-likeness (QED) is 0.533. The molecule has 2 N–H and O–H groups in total. The van der Waals surface area contributed by atoms with Crippen molar-refractivity contribution in [2.45, 2.75) is 13.8 Å². The molecule has 0 heterocycles. The number of nitrogens with zero attached hydrogens (tertiary/aromatic N) is 2. The van der Waals surface area contributed by atoms with Crippen LogP contribution in [0.2, 0.25) is 0 Å². The first-order valence-electron chi connectivity index (χ1n) is 4.79. The number of nitrogens with two attached hydrogens (primary N) is 1. The normalized spacial score (nSPS) is 9.56. The van der Waals surface area contributed by atoms with Gasteiger partial charge in [0, 0.05) is 11.1 Å². The predicted octanol–water partition coefficient (Wildman–Crippen LogP) is 0.527. The molecular weight excluding hydrogens is 222 g/mol. The van der Waals surface area contributed by atoms with Crippen molar-refractivity contribution in [2.75, 3.05) is 5.73 Å². The Hall–Kier alpha value is -1.79. The fourth-order valence-corrected chi connectivity index (χ4v) is 1.84. The molecule has 2 aromatic carbocycles. The smallest absolute Gasteiger partial charge is 0.396 e. The standard InChI is InChI=1S/C12H12N3.ClH/c1-7-8(2)12(15-14)10-6-4-3-5-9(10)11(7)13;/h3-6H,13H2,1-2H3;1H/q+1;/p-1. The van der Waals surface area contributed by atoms with Gasteiger partial charge in [-0.2, -0.15) is 0 Å². The minimum atomic E-state index is 0. The molecule has 0 spiro atoms. The lowest BCUT2D eigenvalue weighted by molar-refractivity contribution is -0.00000332. The second-order valence-corrected chi connectivity index (χ2v) is 3.66. The van der Waals surface area contributed by atoms with E-state index >= 15 is 0 Å². The summed E-state index contributed by atoms with van der Waals surface area (Å²) in [6.07, 6.45) is 0. The number of halogens is 1. The Labute approximate surface area is 100 Å². The molecule has 0 aromatic heterocycles. The average Bonchev–Trinajstić information content (AvgIpc) is 2.27. The average molecular weight is 234 g/mol. The minimum Gasteiger partial charge on any atom is -1.00 e. The van der Waals surface area contributed by atoms with Crippen LogP contribution in [-0.4, -0.2) is 0 Å². The zero-order valence-corrected chi connectivity index (χ0v) is 9.92. The number of diazo groups is 1. The number of fused-ring (bicyclic) bond motifs is 1. The van der Waals surface area contributed by atoms with E-state index in [9.17, 15) is 0 Å². The number of benzene rings is 2. The van der Waals surface area contributed by atoms with E-state index in [0.717, 1.165) is 27.6 Å². The van der Waals surface area contributed by atoms with Gasteiger partial charge in [-0.3, -0.25) is 0 Å². The van der Waals surface area contributed by atoms with E-state index < -0.39 is 0 Å². The maximum Gasteiger partial charge on any atom is 0.396 e. The number of nitrogen functional groups attached to an aromatic ring is 1. The Balaban J connectivity index is 0.00000128. The van der Waals surface area contributed by atoms with E-state index in [1.807, 2.05) is 38.1 Å². The molecule has 2 rings (SSSR count). The third-order valence-electron chi connectivity index (χ3n) is 2.89. The van der Waals surface area contributed by atoms with Gasteiger partial charge in [0.25, 0.3) is 0 Å². The summed E-state index contributed by atoms with van der Waals surface area (Å²) in [5.41, 5.74) is 9.29. The van der Waals surface area contributed by atoms with E-state index in [1.165, 1.54) is 0 Å². The zero-order valence-electron chi connectivity index (χ0n) is 9.16. The summed E-state index contributed by atoms with van der Waals surface area (Å²) in [4.78, 5) is 3.34. The summed E-state index contributed by atoms with van der Waals surface area (Å²) >= 11 is 0. The van der Waals surface area contributed by atoms with Crippen LogP contribution in [0.25, 0.3) is 15.7 Å². The molecule has 2 aromatic rings. The van der Waals surface area contributed by atoms with Crippen molar-refractivity contribution in [2.24, 2.45) is 0 Å². The number of anilines is 1. The van der Waals surface area contributed by atoms with Gasteiger partial charge in [-0.15, -0.1) is 0 Å². The van der Waals surface area contributed by atoms with Gasteiger partial charge in [-0.25, -0.2) is 0 Å². The van der Waals surface area contributed by atoms with Crippen molar-refractivity contribution in [1.82, 2.24) is 0 Å². The van der Waals surface area contributed by atoms with E-state index in [-0.39, 0.29) is 12.4 Å². The summed E-state index contributed by atoms with van der Waals surface area (Å²) in [5, 5.41) is 10.8. The minimum absolute atomic E-state index is 0. The van der Waals surface area contributed by atoms with Gasteiger partial charge in [0.2, 0.25) is 5.39 Å². The zero-order chi connectivity index (χ0) is 11.0. The van der Waals surface area contributed by atoms with Crippen molar-refractivity contribution in [1.29, 1.82) is 5.39 Å². The summed E-state index contributed by atoms with van der Waals surface area (Å²) in [5.74, 6) is 0. The van der Waals surface area contributed by atoms with E-state index in [1.54, 1.807) is 0 Å². The third-order valence-corrected chi connectivity index (χ3v) is 2.89. The second kappa shape index (κ2) is 4.38. The highest BCUT2D eigenvalue weighted by Gasteiger charge is 2.20. The number of rotatable bonds is 0. The molecule has 3 nitrogen and oxygen atoms in total. The molecule has 4 heteroatoms.